The molecule has 0 bridgehead atoms. The second kappa shape index (κ2) is 10.7. The molecular formula is C27H31FN4OS. The predicted octanol–water partition coefficient (Wildman–Crippen LogP) is 6.16. The number of allylic oxidation sites excluding steroid dienone is 1. The van der Waals surface area contributed by atoms with Gasteiger partial charge in [0.1, 0.15) is 11.6 Å². The molecule has 1 N–H and O–H groups in total. The highest BCUT2D eigenvalue weighted by molar-refractivity contribution is 7.12. The van der Waals surface area contributed by atoms with Crippen LogP contribution in [0, 0.1) is 18.7 Å². The summed E-state index contributed by atoms with van der Waals surface area (Å²) in [7, 11) is 0. The van der Waals surface area contributed by atoms with Gasteiger partial charge in [0.2, 0.25) is 0 Å². The van der Waals surface area contributed by atoms with Crippen LogP contribution in [0.5, 0.6) is 0 Å². The van der Waals surface area contributed by atoms with E-state index in [1.165, 1.54) is 23.5 Å². The molecular weight excluding hydrogens is 447 g/mol. The van der Waals surface area contributed by atoms with E-state index in [0.29, 0.717) is 35.4 Å². The monoisotopic (exact) mass is 478 g/mol. The van der Waals surface area contributed by atoms with Gasteiger partial charge in [-0.15, -0.1) is 11.3 Å². The van der Waals surface area contributed by atoms with Crippen molar-refractivity contribution < 1.29 is 9.18 Å². The molecule has 5 nitrogen and oxygen atoms in total. The minimum atomic E-state index is -0.315. The van der Waals surface area contributed by atoms with E-state index < -0.39 is 0 Å². The molecule has 7 heteroatoms. The van der Waals surface area contributed by atoms with Crippen LogP contribution in [0.3, 0.4) is 0 Å². The summed E-state index contributed by atoms with van der Waals surface area (Å²) in [5.74, 6) is 0.342. The minimum Gasteiger partial charge on any atom is -0.328 e. The summed E-state index contributed by atoms with van der Waals surface area (Å²) in [4.78, 5) is 20.0. The average molecular weight is 479 g/mol. The van der Waals surface area contributed by atoms with Crippen molar-refractivity contribution in [2.24, 2.45) is 10.9 Å². The minimum absolute atomic E-state index is 0.255. The lowest BCUT2D eigenvalue weighted by molar-refractivity contribution is 0.0848. The van der Waals surface area contributed by atoms with Crippen molar-refractivity contribution in [2.45, 2.75) is 27.7 Å². The number of aryl methyl sites for hydroxylation is 1. The van der Waals surface area contributed by atoms with E-state index in [1.807, 2.05) is 36.4 Å². The van der Waals surface area contributed by atoms with E-state index in [9.17, 15) is 9.18 Å². The van der Waals surface area contributed by atoms with Gasteiger partial charge in [0.25, 0.3) is 5.91 Å². The van der Waals surface area contributed by atoms with Gasteiger partial charge in [-0.3, -0.25) is 15.2 Å². The fraction of sp³-hybridized carbons (Fsp3) is 0.259. The first-order chi connectivity index (χ1) is 16.1. The normalized spacial score (nSPS) is 14.5. The quantitative estimate of drug-likeness (QED) is 0.463. The second-order valence-corrected chi connectivity index (χ2v) is 9.62. The highest BCUT2D eigenvalue weighted by Gasteiger charge is 2.29. The van der Waals surface area contributed by atoms with Crippen molar-refractivity contribution in [1.29, 1.82) is 0 Å². The molecule has 2 heterocycles. The standard InChI is InChI=1S/C27H31FN4OS/c1-17(2)14-29-20(5)25-16-31(15-19(4)24-13-23(28)11-10-18(24)3)22(7)32(21(25)6)30-27(33)26-9-8-12-34-26/h8-13,16-17H,4,6-7,14-15H2,1-3,5H3,(H,30,33). The molecule has 1 aliphatic rings. The van der Waals surface area contributed by atoms with E-state index in [4.69, 9.17) is 4.99 Å². The Labute approximate surface area is 205 Å². The fourth-order valence-corrected chi connectivity index (χ4v) is 4.13. The van der Waals surface area contributed by atoms with Crippen molar-refractivity contribution in [2.75, 3.05) is 13.1 Å². The van der Waals surface area contributed by atoms with Crippen LogP contribution in [-0.4, -0.2) is 34.6 Å². The predicted molar refractivity (Wildman–Crippen MR) is 140 cm³/mol. The number of carbonyl (C=O) groups is 1. The molecule has 0 fully saturated rings. The third kappa shape index (κ3) is 5.72. The third-order valence-electron chi connectivity index (χ3n) is 5.44. The summed E-state index contributed by atoms with van der Waals surface area (Å²) >= 11 is 1.35. The number of hydrazine groups is 1. The number of halogens is 1. The highest BCUT2D eigenvalue weighted by atomic mass is 32.1. The summed E-state index contributed by atoms with van der Waals surface area (Å²) in [6.45, 7) is 21.7. The van der Waals surface area contributed by atoms with Crippen LogP contribution < -0.4 is 5.43 Å². The van der Waals surface area contributed by atoms with E-state index in [1.54, 1.807) is 17.1 Å². The van der Waals surface area contributed by atoms with Gasteiger partial charge < -0.3 is 4.90 Å². The molecule has 3 rings (SSSR count). The van der Waals surface area contributed by atoms with Crippen LogP contribution in [0.25, 0.3) is 5.57 Å². The average Bonchev–Trinajstić information content (AvgIpc) is 3.33. The molecule has 1 amide bonds. The molecule has 0 saturated heterocycles. The smallest absolute Gasteiger partial charge is 0.280 e. The van der Waals surface area contributed by atoms with Crippen molar-refractivity contribution in [3.63, 3.8) is 0 Å². The van der Waals surface area contributed by atoms with Gasteiger partial charge in [-0.1, -0.05) is 45.7 Å². The van der Waals surface area contributed by atoms with Crippen LogP contribution in [0.15, 0.2) is 83.7 Å². The lowest BCUT2D eigenvalue weighted by Gasteiger charge is -2.40. The Hall–Kier alpha value is -3.45. The van der Waals surface area contributed by atoms with E-state index >= 15 is 0 Å². The van der Waals surface area contributed by atoms with Crippen LogP contribution in [0.2, 0.25) is 0 Å². The maximum Gasteiger partial charge on any atom is 0.280 e. The summed E-state index contributed by atoms with van der Waals surface area (Å²) in [6.07, 6.45) is 1.91. The van der Waals surface area contributed by atoms with Gasteiger partial charge in [-0.2, -0.15) is 0 Å². The Kier molecular flexibility index (Phi) is 7.89. The SMILES string of the molecule is C=C(CN1C=C(C(C)=NCC(C)C)C(=C)N(NC(=O)c2cccs2)C1=C)c1cc(F)ccc1C. The van der Waals surface area contributed by atoms with E-state index in [-0.39, 0.29) is 11.7 Å². The Balaban J connectivity index is 1.95. The van der Waals surface area contributed by atoms with Crippen molar-refractivity contribution in [3.05, 3.63) is 101 Å². The van der Waals surface area contributed by atoms with Gasteiger partial charge in [0.05, 0.1) is 10.6 Å². The number of nitrogens with one attached hydrogen (secondary N) is 1. The lowest BCUT2D eigenvalue weighted by Crippen LogP contribution is -2.47. The van der Waals surface area contributed by atoms with Crippen LogP contribution in [0.4, 0.5) is 4.39 Å². The topological polar surface area (TPSA) is 47.9 Å². The Morgan fingerprint density at radius 3 is 2.65 bits per heavy atom. The molecule has 0 radical (unpaired) electrons. The highest BCUT2D eigenvalue weighted by Crippen LogP contribution is 2.30. The number of carbonyl (C=O) groups excluding carboxylic acids is 1. The summed E-state index contributed by atoms with van der Waals surface area (Å²) in [5, 5.41) is 3.43. The zero-order chi connectivity index (χ0) is 25.0. The molecule has 178 valence electrons. The van der Waals surface area contributed by atoms with Crippen molar-refractivity contribution in [3.8, 4) is 0 Å². The Morgan fingerprint density at radius 2 is 2.00 bits per heavy atom. The fourth-order valence-electron chi connectivity index (χ4n) is 3.52. The van der Waals surface area contributed by atoms with Crippen LogP contribution >= 0.6 is 11.3 Å². The van der Waals surface area contributed by atoms with Gasteiger partial charge in [-0.05, 0) is 60.0 Å². The molecule has 2 aromatic rings. The van der Waals surface area contributed by atoms with Crippen LogP contribution in [-0.2, 0) is 0 Å². The molecule has 1 aromatic heterocycles. The van der Waals surface area contributed by atoms with Crippen molar-refractivity contribution in [1.82, 2.24) is 15.3 Å². The Bertz CT molecular complexity index is 1180. The Morgan fingerprint density at radius 1 is 1.26 bits per heavy atom. The molecule has 0 saturated carbocycles. The number of amides is 1. The summed E-state index contributed by atoms with van der Waals surface area (Å²) < 4.78 is 13.9. The van der Waals surface area contributed by atoms with Crippen molar-refractivity contribution >= 4 is 28.5 Å². The zero-order valence-electron chi connectivity index (χ0n) is 20.2. The maximum absolute atomic E-state index is 13.9. The molecule has 0 atom stereocenters. The number of benzene rings is 1. The molecule has 0 aliphatic carbocycles. The van der Waals surface area contributed by atoms with Gasteiger partial charge >= 0.3 is 0 Å². The van der Waals surface area contributed by atoms with Gasteiger partial charge in [0, 0.05) is 30.6 Å². The molecule has 34 heavy (non-hydrogen) atoms. The number of hydrogen-bond donors (Lipinski definition) is 1. The third-order valence-corrected chi connectivity index (χ3v) is 6.31. The maximum atomic E-state index is 13.9. The largest absolute Gasteiger partial charge is 0.328 e. The number of hydrogen-bond acceptors (Lipinski definition) is 5. The number of nitrogens with zero attached hydrogens (tertiary/aromatic N) is 3. The number of rotatable bonds is 8. The zero-order valence-corrected chi connectivity index (χ0v) is 21.0. The lowest BCUT2D eigenvalue weighted by atomic mass is 10.0. The first-order valence-corrected chi connectivity index (χ1v) is 11.9. The number of thiophene rings is 1. The summed E-state index contributed by atoms with van der Waals surface area (Å²) in [5.41, 5.74) is 7.47. The van der Waals surface area contributed by atoms with Crippen LogP contribution in [0.1, 0.15) is 41.6 Å². The number of aliphatic imine (C=N–C) groups is 1. The first-order valence-electron chi connectivity index (χ1n) is 11.1. The first kappa shape index (κ1) is 25.2. The van der Waals surface area contributed by atoms with Gasteiger partial charge in [0.15, 0.2) is 0 Å². The van der Waals surface area contributed by atoms with E-state index in [0.717, 1.165) is 28.0 Å². The van der Waals surface area contributed by atoms with E-state index in [2.05, 4.69) is 39.0 Å². The second-order valence-electron chi connectivity index (χ2n) is 8.67. The molecule has 0 spiro atoms. The summed E-state index contributed by atoms with van der Waals surface area (Å²) in [6, 6.07) is 8.24. The molecule has 0 unspecified atom stereocenters. The molecule has 1 aliphatic heterocycles. The molecule has 1 aromatic carbocycles. The van der Waals surface area contributed by atoms with Gasteiger partial charge in [-0.25, -0.2) is 9.40 Å².